The van der Waals surface area contributed by atoms with Gasteiger partial charge in [0.25, 0.3) is 0 Å². The van der Waals surface area contributed by atoms with E-state index in [1.807, 2.05) is 18.2 Å². The van der Waals surface area contributed by atoms with Gasteiger partial charge in [0, 0.05) is 19.5 Å². The zero-order chi connectivity index (χ0) is 16.1. The average molecular weight is 305 g/mol. The van der Waals surface area contributed by atoms with Gasteiger partial charge in [-0.1, -0.05) is 18.2 Å². The van der Waals surface area contributed by atoms with Crippen LogP contribution < -0.4 is 5.73 Å². The second-order valence-corrected chi connectivity index (χ2v) is 5.02. The molecule has 0 amide bonds. The number of hydrogen-bond acceptors (Lipinski definition) is 6. The quantitative estimate of drug-likeness (QED) is 0.518. The summed E-state index contributed by atoms with van der Waals surface area (Å²) in [6, 6.07) is 7.29. The van der Waals surface area contributed by atoms with Crippen LogP contribution in [0.25, 0.3) is 0 Å². The van der Waals surface area contributed by atoms with E-state index in [-0.39, 0.29) is 12.7 Å². The number of hydrogen-bond donors (Lipinski definition) is 1. The van der Waals surface area contributed by atoms with E-state index in [1.165, 1.54) is 13.8 Å². The Bertz CT molecular complexity index is 566. The molecule has 1 aliphatic rings. The molecular formula is C16H19NO5. The van der Waals surface area contributed by atoms with Crippen LogP contribution in [0.4, 0.5) is 5.69 Å². The first kappa shape index (κ1) is 16.0. The lowest BCUT2D eigenvalue weighted by Gasteiger charge is -2.31. The minimum absolute atomic E-state index is 0.0170. The van der Waals surface area contributed by atoms with E-state index in [9.17, 15) is 9.59 Å². The van der Waals surface area contributed by atoms with Gasteiger partial charge < -0.3 is 19.9 Å². The fourth-order valence-electron chi connectivity index (χ4n) is 2.16. The first-order valence-corrected chi connectivity index (χ1v) is 6.95. The maximum atomic E-state index is 11.2. The van der Waals surface area contributed by atoms with Crippen molar-refractivity contribution in [3.05, 3.63) is 42.0 Å². The molecule has 0 aliphatic carbocycles. The minimum Gasteiger partial charge on any atom is -0.463 e. The molecule has 3 atom stereocenters. The van der Waals surface area contributed by atoms with Crippen LogP contribution in [0.3, 0.4) is 0 Å². The van der Waals surface area contributed by atoms with Gasteiger partial charge in [0.1, 0.15) is 24.9 Å². The number of carbonyl (C=O) groups excluding carboxylic acids is 2. The molecule has 6 heteroatoms. The molecule has 1 aromatic carbocycles. The van der Waals surface area contributed by atoms with Crippen molar-refractivity contribution in [3.8, 4) is 0 Å². The number of anilines is 1. The molecule has 2 N–H and O–H groups in total. The normalized spacial score (nSPS) is 23.8. The molecule has 2 rings (SSSR count). The number of esters is 2. The van der Waals surface area contributed by atoms with Crippen molar-refractivity contribution in [2.45, 2.75) is 32.2 Å². The SMILES string of the molecule is CC(=O)OCC1O[C@H](c2ccc(N)cc2)C=C[C@@H]1OC(C)=O. The molecule has 0 saturated carbocycles. The van der Waals surface area contributed by atoms with Gasteiger partial charge in [-0.3, -0.25) is 9.59 Å². The van der Waals surface area contributed by atoms with Crippen LogP contribution in [0.15, 0.2) is 36.4 Å². The van der Waals surface area contributed by atoms with E-state index in [0.29, 0.717) is 5.69 Å². The fourth-order valence-corrected chi connectivity index (χ4v) is 2.16. The second kappa shape index (κ2) is 7.09. The molecule has 1 heterocycles. The molecule has 0 radical (unpaired) electrons. The summed E-state index contributed by atoms with van der Waals surface area (Å²) >= 11 is 0. The van der Waals surface area contributed by atoms with Crippen molar-refractivity contribution in [2.24, 2.45) is 0 Å². The van der Waals surface area contributed by atoms with Gasteiger partial charge >= 0.3 is 11.9 Å². The third-order valence-corrected chi connectivity index (χ3v) is 3.18. The van der Waals surface area contributed by atoms with E-state index >= 15 is 0 Å². The Kier molecular flexibility index (Phi) is 5.16. The van der Waals surface area contributed by atoms with Crippen molar-refractivity contribution in [1.82, 2.24) is 0 Å². The van der Waals surface area contributed by atoms with Crippen LogP contribution in [-0.4, -0.2) is 30.8 Å². The molecular weight excluding hydrogens is 286 g/mol. The lowest BCUT2D eigenvalue weighted by Crippen LogP contribution is -2.39. The summed E-state index contributed by atoms with van der Waals surface area (Å²) in [4.78, 5) is 22.1. The Morgan fingerprint density at radius 2 is 1.82 bits per heavy atom. The number of nitrogens with two attached hydrogens (primary N) is 1. The fraction of sp³-hybridized carbons (Fsp3) is 0.375. The Morgan fingerprint density at radius 3 is 2.41 bits per heavy atom. The van der Waals surface area contributed by atoms with Gasteiger partial charge in [0.2, 0.25) is 0 Å². The number of benzene rings is 1. The Labute approximate surface area is 128 Å². The van der Waals surface area contributed by atoms with Crippen LogP contribution in [-0.2, 0) is 23.8 Å². The van der Waals surface area contributed by atoms with Gasteiger partial charge in [-0.2, -0.15) is 0 Å². The third kappa shape index (κ3) is 4.33. The van der Waals surface area contributed by atoms with Crippen molar-refractivity contribution in [1.29, 1.82) is 0 Å². The predicted octanol–water partition coefficient (Wildman–Crippen LogP) is 1.76. The lowest BCUT2D eigenvalue weighted by molar-refractivity contribution is -0.163. The lowest BCUT2D eigenvalue weighted by atomic mass is 10.0. The van der Waals surface area contributed by atoms with Crippen LogP contribution in [0.1, 0.15) is 25.5 Å². The highest BCUT2D eigenvalue weighted by Gasteiger charge is 2.31. The molecule has 0 spiro atoms. The Hall–Kier alpha value is -2.34. The van der Waals surface area contributed by atoms with Crippen molar-refractivity contribution in [3.63, 3.8) is 0 Å². The first-order chi connectivity index (χ1) is 10.5. The topological polar surface area (TPSA) is 87.8 Å². The molecule has 6 nitrogen and oxygen atoms in total. The first-order valence-electron chi connectivity index (χ1n) is 6.95. The van der Waals surface area contributed by atoms with E-state index in [1.54, 1.807) is 18.2 Å². The zero-order valence-electron chi connectivity index (χ0n) is 12.5. The maximum absolute atomic E-state index is 11.2. The Balaban J connectivity index is 2.13. The van der Waals surface area contributed by atoms with E-state index in [2.05, 4.69) is 0 Å². The highest BCUT2D eigenvalue weighted by molar-refractivity contribution is 5.67. The van der Waals surface area contributed by atoms with E-state index < -0.39 is 24.1 Å². The molecule has 0 aromatic heterocycles. The van der Waals surface area contributed by atoms with Crippen molar-refractivity contribution < 1.29 is 23.8 Å². The van der Waals surface area contributed by atoms with Gasteiger partial charge in [0.05, 0.1) is 0 Å². The summed E-state index contributed by atoms with van der Waals surface area (Å²) in [6.45, 7) is 2.66. The average Bonchev–Trinajstić information content (AvgIpc) is 2.46. The van der Waals surface area contributed by atoms with Gasteiger partial charge in [-0.05, 0) is 23.8 Å². The monoisotopic (exact) mass is 305 g/mol. The van der Waals surface area contributed by atoms with Gasteiger partial charge in [-0.15, -0.1) is 0 Å². The summed E-state index contributed by atoms with van der Waals surface area (Å²) in [6.07, 6.45) is 2.11. The van der Waals surface area contributed by atoms with Crippen LogP contribution in [0.5, 0.6) is 0 Å². The Morgan fingerprint density at radius 1 is 1.14 bits per heavy atom. The standard InChI is InChI=1S/C16H19NO5/c1-10(18)20-9-16-15(21-11(2)19)8-7-14(22-16)12-3-5-13(17)6-4-12/h3-8,14-16H,9,17H2,1-2H3/t14-,15-,16?/m0/s1. The number of rotatable bonds is 4. The molecule has 1 aromatic rings. The molecule has 0 saturated heterocycles. The predicted molar refractivity (Wildman–Crippen MR) is 79.8 cm³/mol. The number of ether oxygens (including phenoxy) is 3. The number of nitrogen functional groups attached to an aromatic ring is 1. The largest absolute Gasteiger partial charge is 0.463 e. The van der Waals surface area contributed by atoms with E-state index in [0.717, 1.165) is 5.56 Å². The van der Waals surface area contributed by atoms with Gasteiger partial charge in [0.15, 0.2) is 0 Å². The highest BCUT2D eigenvalue weighted by Crippen LogP contribution is 2.28. The van der Waals surface area contributed by atoms with Crippen LogP contribution in [0.2, 0.25) is 0 Å². The maximum Gasteiger partial charge on any atom is 0.303 e. The third-order valence-electron chi connectivity index (χ3n) is 3.18. The summed E-state index contributed by atoms with van der Waals surface area (Å²) in [5, 5.41) is 0. The summed E-state index contributed by atoms with van der Waals surface area (Å²) in [7, 11) is 0. The van der Waals surface area contributed by atoms with Crippen molar-refractivity contribution in [2.75, 3.05) is 12.3 Å². The molecule has 1 unspecified atom stereocenters. The molecule has 0 fully saturated rings. The minimum atomic E-state index is -0.582. The molecule has 118 valence electrons. The summed E-state index contributed by atoms with van der Waals surface area (Å²) in [5.41, 5.74) is 7.25. The molecule has 1 aliphatic heterocycles. The smallest absolute Gasteiger partial charge is 0.303 e. The van der Waals surface area contributed by atoms with Crippen LogP contribution >= 0.6 is 0 Å². The van der Waals surface area contributed by atoms with E-state index in [4.69, 9.17) is 19.9 Å². The summed E-state index contributed by atoms with van der Waals surface area (Å²) in [5.74, 6) is -0.833. The molecule has 22 heavy (non-hydrogen) atoms. The van der Waals surface area contributed by atoms with Gasteiger partial charge in [-0.25, -0.2) is 0 Å². The number of carbonyl (C=O) groups is 2. The molecule has 0 bridgehead atoms. The van der Waals surface area contributed by atoms with Crippen molar-refractivity contribution >= 4 is 17.6 Å². The van der Waals surface area contributed by atoms with Crippen LogP contribution in [0, 0.1) is 0 Å². The zero-order valence-corrected chi connectivity index (χ0v) is 12.5. The highest BCUT2D eigenvalue weighted by atomic mass is 16.6. The second-order valence-electron chi connectivity index (χ2n) is 5.02. The summed E-state index contributed by atoms with van der Waals surface area (Å²) < 4.78 is 16.1.